The Labute approximate surface area is 118 Å². The lowest BCUT2D eigenvalue weighted by Gasteiger charge is -2.10. The van der Waals surface area contributed by atoms with Gasteiger partial charge in [-0.2, -0.15) is 0 Å². The van der Waals surface area contributed by atoms with Crippen LogP contribution in [0.3, 0.4) is 0 Å². The first-order valence-corrected chi connectivity index (χ1v) is 7.79. The van der Waals surface area contributed by atoms with Crippen molar-refractivity contribution in [3.8, 4) is 0 Å². The van der Waals surface area contributed by atoms with E-state index in [9.17, 15) is 12.8 Å². The van der Waals surface area contributed by atoms with Crippen molar-refractivity contribution >= 4 is 10.0 Å². The van der Waals surface area contributed by atoms with Gasteiger partial charge in [0.15, 0.2) is 0 Å². The van der Waals surface area contributed by atoms with E-state index in [4.69, 9.17) is 9.84 Å². The number of methoxy groups -OCH3 is 1. The molecule has 5 nitrogen and oxygen atoms in total. The van der Waals surface area contributed by atoms with Gasteiger partial charge in [0.25, 0.3) is 0 Å². The summed E-state index contributed by atoms with van der Waals surface area (Å²) in [6.07, 6.45) is 1.41. The molecular formula is C13H20FNO4S. The smallest absolute Gasteiger partial charge is 0.240 e. The number of unbranched alkanes of at least 4 members (excludes halogenated alkanes) is 1. The highest BCUT2D eigenvalue weighted by atomic mass is 32.2. The van der Waals surface area contributed by atoms with Crippen molar-refractivity contribution in [3.63, 3.8) is 0 Å². The van der Waals surface area contributed by atoms with Crippen molar-refractivity contribution in [1.29, 1.82) is 0 Å². The first-order chi connectivity index (χ1) is 9.42. The lowest BCUT2D eigenvalue weighted by atomic mass is 10.1. The second kappa shape index (κ2) is 7.68. The van der Waals surface area contributed by atoms with Crippen LogP contribution in [0.5, 0.6) is 0 Å². The van der Waals surface area contributed by atoms with Crippen molar-refractivity contribution in [1.82, 2.24) is 4.72 Å². The zero-order valence-electron chi connectivity index (χ0n) is 11.6. The maximum Gasteiger partial charge on any atom is 0.240 e. The first-order valence-electron chi connectivity index (χ1n) is 6.31. The third-order valence-corrected chi connectivity index (χ3v) is 4.29. The topological polar surface area (TPSA) is 75.6 Å². The second-order valence-electron chi connectivity index (χ2n) is 4.47. The number of hydrogen-bond acceptors (Lipinski definition) is 4. The van der Waals surface area contributed by atoms with Gasteiger partial charge in [0.05, 0.1) is 11.5 Å². The fourth-order valence-corrected chi connectivity index (χ4v) is 2.95. The van der Waals surface area contributed by atoms with Gasteiger partial charge in [-0.3, -0.25) is 0 Å². The number of sulfonamides is 1. The van der Waals surface area contributed by atoms with Gasteiger partial charge in [0.2, 0.25) is 10.0 Å². The second-order valence-corrected chi connectivity index (χ2v) is 6.24. The van der Waals surface area contributed by atoms with E-state index in [1.54, 1.807) is 7.11 Å². The van der Waals surface area contributed by atoms with E-state index in [1.165, 1.54) is 13.0 Å². The number of nitrogens with one attached hydrogen (secondary N) is 1. The van der Waals surface area contributed by atoms with Gasteiger partial charge in [0, 0.05) is 25.8 Å². The molecule has 0 radical (unpaired) electrons. The van der Waals surface area contributed by atoms with E-state index >= 15 is 0 Å². The molecule has 114 valence electrons. The molecule has 1 aromatic carbocycles. The summed E-state index contributed by atoms with van der Waals surface area (Å²) in [5.74, 6) is -0.577. The Balaban J connectivity index is 2.80. The molecule has 0 aliphatic heterocycles. The van der Waals surface area contributed by atoms with Crippen LogP contribution < -0.4 is 4.72 Å². The molecule has 0 aliphatic rings. The first kappa shape index (κ1) is 17.0. The normalized spacial score (nSPS) is 11.8. The van der Waals surface area contributed by atoms with Gasteiger partial charge in [-0.25, -0.2) is 17.5 Å². The quantitative estimate of drug-likeness (QED) is 0.711. The lowest BCUT2D eigenvalue weighted by Crippen LogP contribution is -2.25. The molecule has 0 unspecified atom stereocenters. The molecule has 0 aromatic heterocycles. The molecule has 1 aromatic rings. The summed E-state index contributed by atoms with van der Waals surface area (Å²) in [6.45, 7) is 1.79. The minimum absolute atomic E-state index is 0.0234. The largest absolute Gasteiger partial charge is 0.392 e. The predicted octanol–water partition coefficient (Wildman–Crippen LogP) is 1.33. The Hall–Kier alpha value is -1.02. The summed E-state index contributed by atoms with van der Waals surface area (Å²) in [4.78, 5) is -0.0350. The van der Waals surface area contributed by atoms with E-state index < -0.39 is 22.4 Å². The minimum atomic E-state index is -3.69. The van der Waals surface area contributed by atoms with E-state index in [2.05, 4.69) is 4.72 Å². The van der Waals surface area contributed by atoms with Gasteiger partial charge in [0.1, 0.15) is 5.82 Å². The molecule has 0 heterocycles. The van der Waals surface area contributed by atoms with Crippen LogP contribution in [0.25, 0.3) is 0 Å². The van der Waals surface area contributed by atoms with Crippen LogP contribution in [0.15, 0.2) is 17.0 Å². The number of aliphatic hydroxyl groups is 1. The molecule has 0 amide bonds. The van der Waals surface area contributed by atoms with Gasteiger partial charge < -0.3 is 9.84 Å². The average Bonchev–Trinajstić information content (AvgIpc) is 2.41. The van der Waals surface area contributed by atoms with Crippen molar-refractivity contribution in [2.75, 3.05) is 20.3 Å². The maximum absolute atomic E-state index is 13.6. The summed E-state index contributed by atoms with van der Waals surface area (Å²) in [5, 5.41) is 9.04. The Bertz CT molecular complexity index is 546. The molecule has 0 aliphatic carbocycles. The number of hydrogen-bond donors (Lipinski definition) is 2. The van der Waals surface area contributed by atoms with Crippen LogP contribution in [-0.2, 0) is 21.4 Å². The van der Waals surface area contributed by atoms with Crippen LogP contribution in [-0.4, -0.2) is 33.8 Å². The molecule has 0 saturated heterocycles. The van der Waals surface area contributed by atoms with E-state index in [-0.39, 0.29) is 22.6 Å². The SMILES string of the molecule is COCCCCNS(=O)(=O)c1cc(C)c(F)c(CO)c1. The summed E-state index contributed by atoms with van der Waals surface area (Å²) in [7, 11) is -2.10. The predicted molar refractivity (Wildman–Crippen MR) is 73.4 cm³/mol. The van der Waals surface area contributed by atoms with Crippen LogP contribution in [0, 0.1) is 12.7 Å². The molecule has 0 spiro atoms. The average molecular weight is 305 g/mol. The zero-order chi connectivity index (χ0) is 15.2. The van der Waals surface area contributed by atoms with Gasteiger partial charge in [-0.1, -0.05) is 0 Å². The van der Waals surface area contributed by atoms with E-state index in [1.807, 2.05) is 0 Å². The Morgan fingerprint density at radius 2 is 2.05 bits per heavy atom. The van der Waals surface area contributed by atoms with Gasteiger partial charge in [-0.05, 0) is 37.5 Å². The van der Waals surface area contributed by atoms with Crippen molar-refractivity contribution in [2.45, 2.75) is 31.3 Å². The number of aryl methyl sites for hydroxylation is 1. The fraction of sp³-hybridized carbons (Fsp3) is 0.538. The van der Waals surface area contributed by atoms with Crippen molar-refractivity contribution < 1.29 is 22.7 Å². The van der Waals surface area contributed by atoms with Crippen molar-refractivity contribution in [2.24, 2.45) is 0 Å². The monoisotopic (exact) mass is 305 g/mol. The van der Waals surface area contributed by atoms with Gasteiger partial charge >= 0.3 is 0 Å². The highest BCUT2D eigenvalue weighted by molar-refractivity contribution is 7.89. The molecule has 7 heteroatoms. The Morgan fingerprint density at radius 3 is 2.65 bits per heavy atom. The van der Waals surface area contributed by atoms with Crippen LogP contribution in [0.1, 0.15) is 24.0 Å². The highest BCUT2D eigenvalue weighted by Gasteiger charge is 2.17. The maximum atomic E-state index is 13.6. The van der Waals surface area contributed by atoms with Crippen molar-refractivity contribution in [3.05, 3.63) is 29.1 Å². The molecule has 0 atom stereocenters. The lowest BCUT2D eigenvalue weighted by molar-refractivity contribution is 0.193. The van der Waals surface area contributed by atoms with Gasteiger partial charge in [-0.15, -0.1) is 0 Å². The molecule has 2 N–H and O–H groups in total. The fourth-order valence-electron chi connectivity index (χ4n) is 1.74. The highest BCUT2D eigenvalue weighted by Crippen LogP contribution is 2.19. The number of ether oxygens (including phenoxy) is 1. The van der Waals surface area contributed by atoms with Crippen LogP contribution >= 0.6 is 0 Å². The Kier molecular flexibility index (Phi) is 6.54. The number of halogens is 1. The molecule has 20 heavy (non-hydrogen) atoms. The summed E-state index contributed by atoms with van der Waals surface area (Å²) in [6, 6.07) is 2.41. The van der Waals surface area contributed by atoms with Crippen LogP contribution in [0.4, 0.5) is 4.39 Å². The summed E-state index contributed by atoms with van der Waals surface area (Å²) < 4.78 is 45.0. The van der Waals surface area contributed by atoms with E-state index in [0.717, 1.165) is 12.5 Å². The zero-order valence-corrected chi connectivity index (χ0v) is 12.5. The standard InChI is InChI=1S/C13H20FNO4S/c1-10-7-12(8-11(9-16)13(10)14)20(17,18)15-5-3-4-6-19-2/h7-8,15-16H,3-6,9H2,1-2H3. The molecule has 0 bridgehead atoms. The number of benzene rings is 1. The number of aliphatic hydroxyl groups excluding tert-OH is 1. The molecule has 0 saturated carbocycles. The molecule has 0 fully saturated rings. The molecule has 1 rings (SSSR count). The number of rotatable bonds is 8. The van der Waals surface area contributed by atoms with E-state index in [0.29, 0.717) is 13.0 Å². The molecular weight excluding hydrogens is 285 g/mol. The Morgan fingerprint density at radius 1 is 1.35 bits per heavy atom. The minimum Gasteiger partial charge on any atom is -0.392 e. The third kappa shape index (κ3) is 4.52. The summed E-state index contributed by atoms with van der Waals surface area (Å²) in [5.41, 5.74) is 0.168. The summed E-state index contributed by atoms with van der Waals surface area (Å²) >= 11 is 0. The third-order valence-electron chi connectivity index (χ3n) is 2.85. The van der Waals surface area contributed by atoms with Crippen LogP contribution in [0.2, 0.25) is 0 Å².